The minimum Gasteiger partial charge on any atom is -0.493 e. The second-order valence-corrected chi connectivity index (χ2v) is 4.75. The number of hydrogen-bond donors (Lipinski definition) is 1. The Hall–Kier alpha value is -1.91. The van der Waals surface area contributed by atoms with E-state index >= 15 is 0 Å². The zero-order chi connectivity index (χ0) is 14.7. The van der Waals surface area contributed by atoms with E-state index < -0.39 is 5.91 Å². The molecule has 104 valence electrons. The van der Waals surface area contributed by atoms with Crippen LogP contribution >= 0.6 is 23.2 Å². The van der Waals surface area contributed by atoms with Gasteiger partial charge in [0.1, 0.15) is 5.75 Å². The minimum atomic E-state index is -0.553. The summed E-state index contributed by atoms with van der Waals surface area (Å²) in [6.45, 7) is 0. The zero-order valence-corrected chi connectivity index (χ0v) is 12.0. The fraction of sp³-hybridized carbons (Fsp3) is 0.0714. The van der Waals surface area contributed by atoms with Gasteiger partial charge in [0.2, 0.25) is 5.91 Å². The van der Waals surface area contributed by atoms with Crippen LogP contribution in [0.15, 0.2) is 36.4 Å². The molecule has 4 nitrogen and oxygen atoms in total. The van der Waals surface area contributed by atoms with Gasteiger partial charge < -0.3 is 15.2 Å². The molecule has 0 aromatic heterocycles. The number of halogens is 2. The first kappa shape index (κ1) is 14.5. The molecule has 0 aliphatic carbocycles. The molecule has 0 bridgehead atoms. The molecule has 0 atom stereocenters. The molecule has 2 rings (SSSR count). The van der Waals surface area contributed by atoms with Crippen molar-refractivity contribution >= 4 is 29.1 Å². The van der Waals surface area contributed by atoms with E-state index in [2.05, 4.69) is 0 Å². The van der Waals surface area contributed by atoms with Crippen molar-refractivity contribution < 1.29 is 14.3 Å². The molecule has 0 fully saturated rings. The van der Waals surface area contributed by atoms with Crippen LogP contribution in [0.4, 0.5) is 0 Å². The van der Waals surface area contributed by atoms with Crippen LogP contribution in [0.25, 0.3) is 0 Å². The molecule has 2 aromatic carbocycles. The first-order valence-corrected chi connectivity index (χ1v) is 6.37. The van der Waals surface area contributed by atoms with Gasteiger partial charge in [-0.15, -0.1) is 0 Å². The minimum absolute atomic E-state index is 0.276. The average Bonchev–Trinajstić information content (AvgIpc) is 2.42. The molecule has 0 spiro atoms. The van der Waals surface area contributed by atoms with Gasteiger partial charge in [0.05, 0.1) is 12.1 Å². The Morgan fingerprint density at radius 1 is 1.05 bits per heavy atom. The lowest BCUT2D eigenvalue weighted by atomic mass is 10.2. The summed E-state index contributed by atoms with van der Waals surface area (Å²) in [5.41, 5.74) is 5.49. The molecule has 0 saturated heterocycles. The van der Waals surface area contributed by atoms with E-state index in [4.69, 9.17) is 38.4 Å². The summed E-state index contributed by atoms with van der Waals surface area (Å²) in [6.07, 6.45) is 0. The number of hydrogen-bond acceptors (Lipinski definition) is 3. The number of primary amides is 1. The average molecular weight is 312 g/mol. The number of benzene rings is 2. The first-order chi connectivity index (χ1) is 9.51. The largest absolute Gasteiger partial charge is 0.493 e. The maximum absolute atomic E-state index is 11.0. The Balaban J connectivity index is 2.33. The maximum Gasteiger partial charge on any atom is 0.248 e. The van der Waals surface area contributed by atoms with Gasteiger partial charge in [0, 0.05) is 16.7 Å². The van der Waals surface area contributed by atoms with E-state index in [1.165, 1.54) is 19.2 Å². The van der Waals surface area contributed by atoms with E-state index in [1.54, 1.807) is 24.3 Å². The van der Waals surface area contributed by atoms with Crippen LogP contribution in [0.2, 0.25) is 10.0 Å². The van der Waals surface area contributed by atoms with E-state index in [-0.39, 0.29) is 5.02 Å². The van der Waals surface area contributed by atoms with Crippen molar-refractivity contribution in [1.82, 2.24) is 0 Å². The third-order valence-electron chi connectivity index (χ3n) is 2.56. The lowest BCUT2D eigenvalue weighted by Gasteiger charge is -2.12. The van der Waals surface area contributed by atoms with Crippen molar-refractivity contribution in [2.45, 2.75) is 0 Å². The van der Waals surface area contributed by atoms with Crippen LogP contribution in [-0.2, 0) is 0 Å². The first-order valence-electron chi connectivity index (χ1n) is 5.62. The highest BCUT2D eigenvalue weighted by molar-refractivity contribution is 6.32. The van der Waals surface area contributed by atoms with Crippen molar-refractivity contribution in [3.8, 4) is 17.2 Å². The standard InChI is InChI=1S/C14H11Cl2NO3/c1-19-13-7-9(15)3-5-12(13)20-11-4-2-8(14(17)18)6-10(11)16/h2-7H,1H3,(H2,17,18). The van der Waals surface area contributed by atoms with Crippen LogP contribution in [0.1, 0.15) is 10.4 Å². The summed E-state index contributed by atoms with van der Waals surface area (Å²) in [6, 6.07) is 9.51. The van der Waals surface area contributed by atoms with Crippen LogP contribution in [0.3, 0.4) is 0 Å². The third-order valence-corrected chi connectivity index (χ3v) is 3.09. The summed E-state index contributed by atoms with van der Waals surface area (Å²) in [5.74, 6) is 0.776. The maximum atomic E-state index is 11.0. The summed E-state index contributed by atoms with van der Waals surface area (Å²) < 4.78 is 10.8. The van der Waals surface area contributed by atoms with Gasteiger partial charge in [-0.2, -0.15) is 0 Å². The molecule has 0 aliphatic rings. The van der Waals surface area contributed by atoms with Gasteiger partial charge in [-0.3, -0.25) is 4.79 Å². The van der Waals surface area contributed by atoms with Gasteiger partial charge in [0.25, 0.3) is 0 Å². The molecule has 0 aliphatic heterocycles. The van der Waals surface area contributed by atoms with E-state index in [9.17, 15) is 4.79 Å². The molecule has 0 heterocycles. The van der Waals surface area contributed by atoms with Crippen molar-refractivity contribution in [3.05, 3.63) is 52.0 Å². The van der Waals surface area contributed by atoms with E-state index in [1.807, 2.05) is 0 Å². The van der Waals surface area contributed by atoms with Crippen LogP contribution in [0, 0.1) is 0 Å². The molecular formula is C14H11Cl2NO3. The number of carbonyl (C=O) groups is 1. The third kappa shape index (κ3) is 3.15. The molecule has 2 N–H and O–H groups in total. The van der Waals surface area contributed by atoms with Crippen molar-refractivity contribution in [3.63, 3.8) is 0 Å². The van der Waals surface area contributed by atoms with Gasteiger partial charge >= 0.3 is 0 Å². The molecule has 0 unspecified atom stereocenters. The smallest absolute Gasteiger partial charge is 0.248 e. The summed E-state index contributed by atoms with van der Waals surface area (Å²) in [4.78, 5) is 11.0. The molecule has 2 aromatic rings. The van der Waals surface area contributed by atoms with E-state index in [0.717, 1.165) is 0 Å². The van der Waals surface area contributed by atoms with Crippen LogP contribution in [-0.4, -0.2) is 13.0 Å². The van der Waals surface area contributed by atoms with Gasteiger partial charge in [-0.05, 0) is 30.3 Å². The second kappa shape index (κ2) is 6.03. The normalized spacial score (nSPS) is 10.2. The molecule has 20 heavy (non-hydrogen) atoms. The number of methoxy groups -OCH3 is 1. The molecular weight excluding hydrogens is 301 g/mol. The quantitative estimate of drug-likeness (QED) is 0.931. The lowest BCUT2D eigenvalue weighted by molar-refractivity contribution is 0.100. The fourth-order valence-electron chi connectivity index (χ4n) is 1.58. The molecule has 0 radical (unpaired) electrons. The highest BCUT2D eigenvalue weighted by Crippen LogP contribution is 2.36. The predicted octanol–water partition coefficient (Wildman–Crippen LogP) is 3.89. The van der Waals surface area contributed by atoms with Gasteiger partial charge in [-0.25, -0.2) is 0 Å². The zero-order valence-electron chi connectivity index (χ0n) is 10.5. The summed E-state index contributed by atoms with van der Waals surface area (Å²) in [7, 11) is 1.51. The van der Waals surface area contributed by atoms with Crippen molar-refractivity contribution in [1.29, 1.82) is 0 Å². The number of ether oxygens (including phenoxy) is 2. The van der Waals surface area contributed by atoms with Crippen molar-refractivity contribution in [2.75, 3.05) is 7.11 Å². The van der Waals surface area contributed by atoms with Crippen molar-refractivity contribution in [2.24, 2.45) is 5.73 Å². The molecule has 1 amide bonds. The highest BCUT2D eigenvalue weighted by atomic mass is 35.5. The number of rotatable bonds is 4. The number of carbonyl (C=O) groups excluding carboxylic acids is 1. The van der Waals surface area contributed by atoms with Crippen LogP contribution in [0.5, 0.6) is 17.2 Å². The highest BCUT2D eigenvalue weighted by Gasteiger charge is 2.11. The molecule has 6 heteroatoms. The second-order valence-electron chi connectivity index (χ2n) is 3.91. The van der Waals surface area contributed by atoms with Gasteiger partial charge in [0.15, 0.2) is 11.5 Å². The summed E-state index contributed by atoms with van der Waals surface area (Å²) >= 11 is 11.9. The Kier molecular flexibility index (Phi) is 4.37. The SMILES string of the molecule is COc1cc(Cl)ccc1Oc1ccc(C(N)=O)cc1Cl. The Bertz CT molecular complexity index is 659. The fourth-order valence-corrected chi connectivity index (χ4v) is 1.96. The molecule has 0 saturated carbocycles. The number of nitrogens with two attached hydrogens (primary N) is 1. The summed E-state index contributed by atoms with van der Waals surface area (Å²) in [5, 5.41) is 0.808. The topological polar surface area (TPSA) is 61.6 Å². The Labute approximate surface area is 126 Å². The number of amides is 1. The predicted molar refractivity (Wildman–Crippen MR) is 78.0 cm³/mol. The van der Waals surface area contributed by atoms with Crippen LogP contribution < -0.4 is 15.2 Å². The van der Waals surface area contributed by atoms with E-state index in [0.29, 0.717) is 27.8 Å². The Morgan fingerprint density at radius 2 is 1.75 bits per heavy atom. The monoisotopic (exact) mass is 311 g/mol. The van der Waals surface area contributed by atoms with Gasteiger partial charge in [-0.1, -0.05) is 23.2 Å². The lowest BCUT2D eigenvalue weighted by Crippen LogP contribution is -2.10. The Morgan fingerprint density at radius 3 is 2.35 bits per heavy atom.